The predicted octanol–water partition coefficient (Wildman–Crippen LogP) is 4.04. The van der Waals surface area contributed by atoms with E-state index in [1.807, 2.05) is 41.3 Å². The fourth-order valence-electron chi connectivity index (χ4n) is 4.13. The number of carbonyl (C=O) groups excluding carboxylic acids is 1. The number of rotatable bonds is 3. The van der Waals surface area contributed by atoms with E-state index in [9.17, 15) is 4.79 Å². The number of nitrogens with zero attached hydrogens (tertiary/aromatic N) is 1. The summed E-state index contributed by atoms with van der Waals surface area (Å²) in [6.45, 7) is 1.89. The number of furan rings is 1. The van der Waals surface area contributed by atoms with Crippen molar-refractivity contribution < 1.29 is 13.9 Å². The third kappa shape index (κ3) is 2.85. The summed E-state index contributed by atoms with van der Waals surface area (Å²) in [4.78, 5) is 14.2. The van der Waals surface area contributed by atoms with E-state index in [-0.39, 0.29) is 6.09 Å². The molecule has 1 saturated heterocycles. The van der Waals surface area contributed by atoms with Crippen LogP contribution in [0.4, 0.5) is 4.79 Å². The average molecular weight is 311 g/mol. The quantitative estimate of drug-likeness (QED) is 0.859. The van der Waals surface area contributed by atoms with Gasteiger partial charge >= 0.3 is 6.09 Å². The van der Waals surface area contributed by atoms with Gasteiger partial charge in [0.25, 0.3) is 0 Å². The molecule has 1 saturated carbocycles. The molecule has 2 atom stereocenters. The summed E-state index contributed by atoms with van der Waals surface area (Å²) in [5, 5.41) is 0. The molecule has 2 bridgehead atoms. The Morgan fingerprint density at radius 2 is 1.83 bits per heavy atom. The van der Waals surface area contributed by atoms with Crippen LogP contribution in [-0.2, 0) is 11.3 Å². The molecule has 0 spiro atoms. The number of hydrogen-bond acceptors (Lipinski definition) is 3. The van der Waals surface area contributed by atoms with Crippen LogP contribution in [0.2, 0.25) is 0 Å². The first-order valence-electron chi connectivity index (χ1n) is 8.30. The first kappa shape index (κ1) is 14.4. The van der Waals surface area contributed by atoms with Crippen LogP contribution in [0.25, 0.3) is 0 Å². The average Bonchev–Trinajstić information content (AvgIpc) is 3.19. The van der Waals surface area contributed by atoms with Crippen molar-refractivity contribution in [2.45, 2.75) is 25.4 Å². The second-order valence-electron chi connectivity index (χ2n) is 6.58. The van der Waals surface area contributed by atoms with Crippen molar-refractivity contribution in [1.29, 1.82) is 0 Å². The second-order valence-corrected chi connectivity index (χ2v) is 6.58. The van der Waals surface area contributed by atoms with Crippen LogP contribution in [0.15, 0.2) is 53.1 Å². The molecular formula is C19H21NO3. The summed E-state index contributed by atoms with van der Waals surface area (Å²) in [6.07, 6.45) is 3.88. The van der Waals surface area contributed by atoms with Gasteiger partial charge < -0.3 is 14.1 Å². The van der Waals surface area contributed by atoms with E-state index in [4.69, 9.17) is 9.15 Å². The zero-order valence-corrected chi connectivity index (χ0v) is 13.1. The number of carbonyl (C=O) groups is 1. The molecule has 1 aromatic carbocycles. The van der Waals surface area contributed by atoms with Gasteiger partial charge in [0.1, 0.15) is 12.4 Å². The maximum atomic E-state index is 12.4. The molecule has 120 valence electrons. The first-order valence-corrected chi connectivity index (χ1v) is 8.30. The van der Waals surface area contributed by atoms with E-state index in [1.54, 1.807) is 6.26 Å². The summed E-state index contributed by atoms with van der Waals surface area (Å²) in [5.41, 5.74) is 1.02. The molecule has 1 aliphatic carbocycles. The minimum atomic E-state index is -0.191. The number of likely N-dealkylation sites (tertiary alicyclic amines) is 1. The lowest BCUT2D eigenvalue weighted by atomic mass is 9.83. The molecule has 4 rings (SSSR count). The Morgan fingerprint density at radius 3 is 2.48 bits per heavy atom. The van der Waals surface area contributed by atoms with Gasteiger partial charge in [-0.05, 0) is 42.4 Å². The van der Waals surface area contributed by atoms with Gasteiger partial charge in [-0.15, -0.1) is 0 Å². The minimum absolute atomic E-state index is 0.191. The Kier molecular flexibility index (Phi) is 3.82. The molecule has 2 aromatic rings. The van der Waals surface area contributed by atoms with Crippen LogP contribution >= 0.6 is 0 Å². The van der Waals surface area contributed by atoms with E-state index in [2.05, 4.69) is 6.07 Å². The summed E-state index contributed by atoms with van der Waals surface area (Å²) < 4.78 is 11.1. The Balaban J connectivity index is 1.38. The molecule has 1 amide bonds. The lowest BCUT2D eigenvalue weighted by Gasteiger charge is -2.36. The number of amides is 1. The molecule has 23 heavy (non-hydrogen) atoms. The van der Waals surface area contributed by atoms with Gasteiger partial charge in [0, 0.05) is 19.0 Å². The van der Waals surface area contributed by atoms with Gasteiger partial charge in [0.2, 0.25) is 0 Å². The van der Waals surface area contributed by atoms with Crippen LogP contribution in [0, 0.1) is 11.8 Å². The number of fused-ring (bicyclic) bond motifs is 2. The fourth-order valence-corrected chi connectivity index (χ4v) is 4.13. The zero-order valence-electron chi connectivity index (χ0n) is 13.1. The molecule has 0 N–H and O–H groups in total. The highest BCUT2D eigenvalue weighted by molar-refractivity contribution is 5.68. The van der Waals surface area contributed by atoms with Crippen molar-refractivity contribution >= 4 is 6.09 Å². The van der Waals surface area contributed by atoms with Gasteiger partial charge in [0.15, 0.2) is 0 Å². The second kappa shape index (κ2) is 6.11. The van der Waals surface area contributed by atoms with E-state index in [1.165, 1.54) is 12.8 Å². The largest absolute Gasteiger partial charge is 0.469 e. The summed E-state index contributed by atoms with van der Waals surface area (Å²) in [5.74, 6) is 2.52. The normalized spacial score (nSPS) is 26.3. The van der Waals surface area contributed by atoms with E-state index in [0.717, 1.165) is 24.4 Å². The van der Waals surface area contributed by atoms with Gasteiger partial charge in [0.05, 0.1) is 6.26 Å². The molecule has 2 aliphatic rings. The van der Waals surface area contributed by atoms with E-state index in [0.29, 0.717) is 24.4 Å². The van der Waals surface area contributed by atoms with Crippen molar-refractivity contribution in [2.75, 3.05) is 13.1 Å². The highest BCUT2D eigenvalue weighted by atomic mass is 16.6. The lowest BCUT2D eigenvalue weighted by Crippen LogP contribution is -2.44. The number of piperidine rings is 1. The Labute approximate surface area is 136 Å². The predicted molar refractivity (Wildman–Crippen MR) is 85.9 cm³/mol. The van der Waals surface area contributed by atoms with Gasteiger partial charge in [-0.1, -0.05) is 30.3 Å². The maximum Gasteiger partial charge on any atom is 0.410 e. The smallest absolute Gasteiger partial charge is 0.410 e. The molecule has 1 aromatic heterocycles. The van der Waals surface area contributed by atoms with Crippen molar-refractivity contribution in [3.8, 4) is 0 Å². The standard InChI is InChI=1S/C19H21NO3/c21-19(23-13-14-5-2-1-3-6-14)20-11-15-8-9-16(12-20)18(15)17-7-4-10-22-17/h1-7,10,15-16,18H,8-9,11-13H2. The Bertz CT molecular complexity index is 639. The van der Waals surface area contributed by atoms with Crippen LogP contribution in [0.3, 0.4) is 0 Å². The van der Waals surface area contributed by atoms with Gasteiger partial charge in [-0.3, -0.25) is 0 Å². The molecular weight excluding hydrogens is 290 g/mol. The van der Waals surface area contributed by atoms with Crippen LogP contribution < -0.4 is 0 Å². The van der Waals surface area contributed by atoms with Gasteiger partial charge in [-0.25, -0.2) is 4.79 Å². The minimum Gasteiger partial charge on any atom is -0.469 e. The molecule has 0 radical (unpaired) electrons. The van der Waals surface area contributed by atoms with Crippen LogP contribution in [0.1, 0.15) is 30.1 Å². The van der Waals surface area contributed by atoms with Crippen LogP contribution in [0.5, 0.6) is 0 Å². The molecule has 2 unspecified atom stereocenters. The van der Waals surface area contributed by atoms with E-state index < -0.39 is 0 Å². The lowest BCUT2D eigenvalue weighted by molar-refractivity contribution is 0.0689. The SMILES string of the molecule is O=C(OCc1ccccc1)N1CC2CCC(C1)C2c1ccco1. The Morgan fingerprint density at radius 1 is 1.09 bits per heavy atom. The number of hydrogen-bond donors (Lipinski definition) is 0. The van der Waals surface area contributed by atoms with E-state index >= 15 is 0 Å². The summed E-state index contributed by atoms with van der Waals surface area (Å²) >= 11 is 0. The summed E-state index contributed by atoms with van der Waals surface area (Å²) in [7, 11) is 0. The third-order valence-corrected chi connectivity index (χ3v) is 5.17. The monoisotopic (exact) mass is 311 g/mol. The van der Waals surface area contributed by atoms with Crippen molar-refractivity contribution in [1.82, 2.24) is 4.90 Å². The Hall–Kier alpha value is -2.23. The first-order chi connectivity index (χ1) is 11.3. The fraction of sp³-hybridized carbons (Fsp3) is 0.421. The van der Waals surface area contributed by atoms with Crippen molar-refractivity contribution in [2.24, 2.45) is 11.8 Å². The molecule has 1 aliphatic heterocycles. The highest BCUT2D eigenvalue weighted by Gasteiger charge is 2.45. The number of ether oxygens (including phenoxy) is 1. The third-order valence-electron chi connectivity index (χ3n) is 5.17. The molecule has 4 nitrogen and oxygen atoms in total. The number of benzene rings is 1. The molecule has 2 heterocycles. The van der Waals surface area contributed by atoms with Crippen LogP contribution in [-0.4, -0.2) is 24.1 Å². The molecule has 4 heteroatoms. The van der Waals surface area contributed by atoms with Crippen molar-refractivity contribution in [3.63, 3.8) is 0 Å². The van der Waals surface area contributed by atoms with Gasteiger partial charge in [-0.2, -0.15) is 0 Å². The topological polar surface area (TPSA) is 42.7 Å². The van der Waals surface area contributed by atoms with Crippen molar-refractivity contribution in [3.05, 3.63) is 60.1 Å². The maximum absolute atomic E-state index is 12.4. The molecule has 2 fully saturated rings. The zero-order chi connectivity index (χ0) is 15.6. The highest BCUT2D eigenvalue weighted by Crippen LogP contribution is 2.48. The summed E-state index contributed by atoms with van der Waals surface area (Å²) in [6, 6.07) is 13.8.